The van der Waals surface area contributed by atoms with Gasteiger partial charge in [-0.25, -0.2) is 16.8 Å². The molecule has 0 saturated carbocycles. The molecule has 24 heavy (non-hydrogen) atoms. The molecule has 1 fully saturated rings. The molecule has 0 amide bonds. The highest BCUT2D eigenvalue weighted by molar-refractivity contribution is 7.92. The predicted octanol–water partition coefficient (Wildman–Crippen LogP) is 2.87. The van der Waals surface area contributed by atoms with Crippen molar-refractivity contribution in [3.8, 4) is 0 Å². The largest absolute Gasteiger partial charge is 0.243 e. The summed E-state index contributed by atoms with van der Waals surface area (Å²) in [5, 5.41) is -0.0442. The number of rotatable bonds is 5. The fourth-order valence-corrected chi connectivity index (χ4v) is 7.12. The number of nitrogens with zero attached hydrogens (tertiary/aromatic N) is 1. The zero-order valence-electron chi connectivity index (χ0n) is 14.2. The van der Waals surface area contributed by atoms with Crippen LogP contribution in [0.1, 0.15) is 32.3 Å². The molecule has 0 unspecified atom stereocenters. The van der Waals surface area contributed by atoms with Crippen LogP contribution in [0.2, 0.25) is 5.02 Å². The Kier molecular flexibility index (Phi) is 6.00. The summed E-state index contributed by atoms with van der Waals surface area (Å²) in [5.74, 6) is 0.225. The molecule has 0 N–H and O–H groups in total. The van der Waals surface area contributed by atoms with E-state index in [1.807, 2.05) is 13.8 Å². The molecule has 0 aromatic heterocycles. The van der Waals surface area contributed by atoms with E-state index in [0.717, 1.165) is 0 Å². The van der Waals surface area contributed by atoms with E-state index in [4.69, 9.17) is 11.6 Å². The summed E-state index contributed by atoms with van der Waals surface area (Å²) < 4.78 is 51.7. The second-order valence-corrected chi connectivity index (χ2v) is 11.3. The van der Waals surface area contributed by atoms with Gasteiger partial charge in [0.15, 0.2) is 9.84 Å². The molecular weight excluding hydrogens is 370 g/mol. The number of piperidine rings is 1. The van der Waals surface area contributed by atoms with Crippen LogP contribution in [0.4, 0.5) is 0 Å². The van der Waals surface area contributed by atoms with Crippen LogP contribution in [0.3, 0.4) is 0 Å². The van der Waals surface area contributed by atoms with Gasteiger partial charge in [-0.15, -0.1) is 0 Å². The van der Waals surface area contributed by atoms with Gasteiger partial charge in [-0.2, -0.15) is 4.31 Å². The lowest BCUT2D eigenvalue weighted by Crippen LogP contribution is -2.43. The maximum Gasteiger partial charge on any atom is 0.243 e. The highest BCUT2D eigenvalue weighted by Crippen LogP contribution is 2.29. The molecular formula is C16H24ClNO4S2. The Hall–Kier alpha value is -0.630. The van der Waals surface area contributed by atoms with Gasteiger partial charge in [0.25, 0.3) is 0 Å². The van der Waals surface area contributed by atoms with E-state index < -0.39 is 25.1 Å². The van der Waals surface area contributed by atoms with Crippen LogP contribution in [0.25, 0.3) is 0 Å². The smallest absolute Gasteiger partial charge is 0.229 e. The summed E-state index contributed by atoms with van der Waals surface area (Å²) in [4.78, 5) is 0.193. The first kappa shape index (κ1) is 19.7. The third-order valence-electron chi connectivity index (χ3n) is 4.31. The van der Waals surface area contributed by atoms with Crippen LogP contribution in [-0.2, 0) is 19.9 Å². The number of hydrogen-bond acceptors (Lipinski definition) is 4. The molecule has 0 bridgehead atoms. The Morgan fingerprint density at radius 2 is 1.75 bits per heavy atom. The fourth-order valence-electron chi connectivity index (χ4n) is 3.04. The molecule has 2 rings (SSSR count). The third-order valence-corrected chi connectivity index (χ3v) is 9.38. The Labute approximate surface area is 150 Å². The lowest BCUT2D eigenvalue weighted by atomic mass is 10.2. The molecule has 1 aromatic carbocycles. The van der Waals surface area contributed by atoms with E-state index in [2.05, 4.69) is 0 Å². The first-order valence-corrected chi connectivity index (χ1v) is 11.6. The average molecular weight is 394 g/mol. The summed E-state index contributed by atoms with van der Waals surface area (Å²) in [5.41, 5.74) is 0.522. The average Bonchev–Trinajstić information content (AvgIpc) is 2.48. The molecule has 8 heteroatoms. The molecule has 1 heterocycles. The van der Waals surface area contributed by atoms with Gasteiger partial charge in [0.1, 0.15) is 0 Å². The van der Waals surface area contributed by atoms with Crippen molar-refractivity contribution in [3.63, 3.8) is 0 Å². The number of hydrogen-bond donors (Lipinski definition) is 0. The van der Waals surface area contributed by atoms with E-state index in [-0.39, 0.29) is 29.7 Å². The molecule has 0 aliphatic carbocycles. The lowest BCUT2D eigenvalue weighted by molar-refractivity contribution is 0.345. The molecule has 1 aromatic rings. The zero-order valence-corrected chi connectivity index (χ0v) is 16.6. The first-order chi connectivity index (χ1) is 11.1. The monoisotopic (exact) mass is 393 g/mol. The van der Waals surface area contributed by atoms with E-state index in [1.165, 1.54) is 10.4 Å². The highest BCUT2D eigenvalue weighted by Gasteiger charge is 2.35. The first-order valence-electron chi connectivity index (χ1n) is 8.02. The summed E-state index contributed by atoms with van der Waals surface area (Å²) in [6.07, 6.45) is 0.682. The molecule has 136 valence electrons. The Bertz CT molecular complexity index is 795. The molecule has 0 spiro atoms. The van der Waals surface area contributed by atoms with Crippen LogP contribution >= 0.6 is 11.6 Å². The number of sulfonamides is 1. The molecule has 1 aliphatic rings. The molecule has 1 saturated heterocycles. The van der Waals surface area contributed by atoms with Crippen LogP contribution in [-0.4, -0.2) is 45.2 Å². The maximum absolute atomic E-state index is 12.8. The van der Waals surface area contributed by atoms with Crippen molar-refractivity contribution in [2.75, 3.05) is 18.8 Å². The highest BCUT2D eigenvalue weighted by atomic mass is 35.5. The van der Waals surface area contributed by atoms with Gasteiger partial charge in [-0.1, -0.05) is 31.5 Å². The van der Waals surface area contributed by atoms with E-state index in [1.54, 1.807) is 19.1 Å². The minimum atomic E-state index is -3.65. The van der Waals surface area contributed by atoms with Crippen molar-refractivity contribution in [1.29, 1.82) is 0 Å². The SMILES string of the molecule is Cc1c(Cl)cccc1S(=O)(=O)N1CCC(S(=O)(=O)CC(C)C)CC1. The fraction of sp³-hybridized carbons (Fsp3) is 0.625. The van der Waals surface area contributed by atoms with Crippen molar-refractivity contribution < 1.29 is 16.8 Å². The zero-order chi connectivity index (χ0) is 18.1. The minimum Gasteiger partial charge on any atom is -0.229 e. The third kappa shape index (κ3) is 4.12. The van der Waals surface area contributed by atoms with Crippen LogP contribution in [0, 0.1) is 12.8 Å². The van der Waals surface area contributed by atoms with Gasteiger partial charge >= 0.3 is 0 Å². The van der Waals surface area contributed by atoms with Crippen molar-refractivity contribution in [2.45, 2.75) is 43.8 Å². The Morgan fingerprint density at radius 1 is 1.17 bits per heavy atom. The second kappa shape index (κ2) is 7.32. The summed E-state index contributed by atoms with van der Waals surface area (Å²) >= 11 is 6.03. The van der Waals surface area contributed by atoms with Crippen molar-refractivity contribution in [1.82, 2.24) is 4.31 Å². The molecule has 5 nitrogen and oxygen atoms in total. The minimum absolute atomic E-state index is 0.0749. The summed E-state index contributed by atoms with van der Waals surface area (Å²) in [6, 6.07) is 4.81. The van der Waals surface area contributed by atoms with Crippen molar-refractivity contribution in [2.24, 2.45) is 5.92 Å². The lowest BCUT2D eigenvalue weighted by Gasteiger charge is -2.31. The number of halogens is 1. The van der Waals surface area contributed by atoms with E-state index >= 15 is 0 Å². The number of benzene rings is 1. The van der Waals surface area contributed by atoms with Crippen LogP contribution in [0.5, 0.6) is 0 Å². The topological polar surface area (TPSA) is 71.5 Å². The van der Waals surface area contributed by atoms with E-state index in [0.29, 0.717) is 23.4 Å². The second-order valence-electron chi connectivity index (χ2n) is 6.69. The molecule has 0 atom stereocenters. The normalized spacial score (nSPS) is 18.2. The molecule has 1 aliphatic heterocycles. The Balaban J connectivity index is 2.16. The summed E-state index contributed by atoms with van der Waals surface area (Å²) in [6.45, 7) is 5.86. The standard InChI is InChI=1S/C16H24ClNO4S2/c1-12(2)11-23(19,20)14-7-9-18(10-8-14)24(21,22)16-6-4-5-15(17)13(16)3/h4-6,12,14H,7-11H2,1-3H3. The van der Waals surface area contributed by atoms with Crippen LogP contribution < -0.4 is 0 Å². The maximum atomic E-state index is 12.8. The van der Waals surface area contributed by atoms with Gasteiger partial charge < -0.3 is 0 Å². The molecule has 0 radical (unpaired) electrons. The van der Waals surface area contributed by atoms with E-state index in [9.17, 15) is 16.8 Å². The Morgan fingerprint density at radius 3 is 2.29 bits per heavy atom. The predicted molar refractivity (Wildman–Crippen MR) is 96.6 cm³/mol. The van der Waals surface area contributed by atoms with Crippen LogP contribution in [0.15, 0.2) is 23.1 Å². The summed E-state index contributed by atoms with van der Waals surface area (Å²) in [7, 11) is -6.83. The van der Waals surface area contributed by atoms with Gasteiger partial charge in [0, 0.05) is 18.1 Å². The number of sulfone groups is 1. The van der Waals surface area contributed by atoms with Gasteiger partial charge in [-0.3, -0.25) is 0 Å². The quantitative estimate of drug-likeness (QED) is 0.771. The van der Waals surface area contributed by atoms with Gasteiger partial charge in [0.05, 0.1) is 15.9 Å². The van der Waals surface area contributed by atoms with Gasteiger partial charge in [-0.05, 0) is 43.4 Å². The van der Waals surface area contributed by atoms with Crippen molar-refractivity contribution in [3.05, 3.63) is 28.8 Å². The van der Waals surface area contributed by atoms with Crippen molar-refractivity contribution >= 4 is 31.5 Å². The van der Waals surface area contributed by atoms with Gasteiger partial charge in [0.2, 0.25) is 10.0 Å².